The van der Waals surface area contributed by atoms with Crippen molar-refractivity contribution >= 4 is 23.4 Å². The molecule has 2 heterocycles. The van der Waals surface area contributed by atoms with Crippen LogP contribution in [0.1, 0.15) is 20.3 Å². The number of ether oxygens (including phenoxy) is 1. The van der Waals surface area contributed by atoms with Gasteiger partial charge in [0.25, 0.3) is 0 Å². The van der Waals surface area contributed by atoms with Crippen molar-refractivity contribution in [3.8, 4) is 0 Å². The van der Waals surface area contributed by atoms with Crippen LogP contribution in [0, 0.1) is 0 Å². The van der Waals surface area contributed by atoms with E-state index in [1.165, 1.54) is 0 Å². The number of thioether (sulfide) groups is 1. The van der Waals surface area contributed by atoms with Crippen molar-refractivity contribution in [2.24, 2.45) is 0 Å². The summed E-state index contributed by atoms with van der Waals surface area (Å²) in [5.41, 5.74) is 0. The smallest absolute Gasteiger partial charge is 0.191 e. The van der Waals surface area contributed by atoms with Crippen molar-refractivity contribution in [1.82, 2.24) is 9.97 Å². The second-order valence-corrected chi connectivity index (χ2v) is 5.25. The Morgan fingerprint density at radius 1 is 1.47 bits per heavy atom. The molecule has 0 bridgehead atoms. The molecule has 0 aromatic carbocycles. The molecule has 1 N–H and O–H groups in total. The highest BCUT2D eigenvalue weighted by molar-refractivity contribution is 7.98. The summed E-state index contributed by atoms with van der Waals surface area (Å²) in [6, 6.07) is 2.03. The Hall–Kier alpha value is -1.01. The first-order valence-corrected chi connectivity index (χ1v) is 8.02. The first-order valence-electron chi connectivity index (χ1n) is 6.80. The quantitative estimate of drug-likeness (QED) is 0.660. The zero-order chi connectivity index (χ0) is 13.7. The Morgan fingerprint density at radius 2 is 2.32 bits per heavy atom. The minimum absolute atomic E-state index is 0.309. The lowest BCUT2D eigenvalue weighted by molar-refractivity contribution is 0.0381. The molecule has 6 heteroatoms. The van der Waals surface area contributed by atoms with Crippen LogP contribution in [-0.4, -0.2) is 48.6 Å². The van der Waals surface area contributed by atoms with E-state index in [0.29, 0.717) is 6.10 Å². The monoisotopic (exact) mass is 282 g/mol. The van der Waals surface area contributed by atoms with Crippen molar-refractivity contribution in [3.05, 3.63) is 6.07 Å². The van der Waals surface area contributed by atoms with Crippen molar-refractivity contribution in [2.75, 3.05) is 42.7 Å². The standard InChI is InChI=1S/C13H22N4OS/c1-4-10-9-17(6-7-18-10)12-8-11(14-5-2)15-13(16-12)19-3/h8,10H,4-7,9H2,1-3H3,(H,14,15,16). The SMILES string of the molecule is CCNc1cc(N2CCOC(CC)C2)nc(SC)n1. The molecule has 2 rings (SSSR count). The molecule has 19 heavy (non-hydrogen) atoms. The molecule has 0 aliphatic carbocycles. The van der Waals surface area contributed by atoms with Gasteiger partial charge in [-0.3, -0.25) is 0 Å². The third kappa shape index (κ3) is 3.73. The molecule has 1 aromatic rings. The number of nitrogens with zero attached hydrogens (tertiary/aromatic N) is 3. The summed E-state index contributed by atoms with van der Waals surface area (Å²) in [6.07, 6.45) is 3.35. The number of hydrogen-bond donors (Lipinski definition) is 1. The average Bonchev–Trinajstić information content (AvgIpc) is 2.47. The van der Waals surface area contributed by atoms with E-state index in [1.54, 1.807) is 11.8 Å². The summed E-state index contributed by atoms with van der Waals surface area (Å²) < 4.78 is 5.71. The highest BCUT2D eigenvalue weighted by atomic mass is 32.2. The Morgan fingerprint density at radius 3 is 3.00 bits per heavy atom. The summed E-state index contributed by atoms with van der Waals surface area (Å²) in [7, 11) is 0. The number of aromatic nitrogens is 2. The lowest BCUT2D eigenvalue weighted by Gasteiger charge is -2.33. The molecule has 1 unspecified atom stereocenters. The summed E-state index contributed by atoms with van der Waals surface area (Å²) in [4.78, 5) is 11.4. The van der Waals surface area contributed by atoms with Crippen LogP contribution in [0.4, 0.5) is 11.6 Å². The van der Waals surface area contributed by atoms with Crippen molar-refractivity contribution in [1.29, 1.82) is 0 Å². The maximum absolute atomic E-state index is 5.71. The molecule has 5 nitrogen and oxygen atoms in total. The Bertz CT molecular complexity index is 416. The minimum atomic E-state index is 0.309. The Labute approximate surface area is 119 Å². The first kappa shape index (κ1) is 14.4. The van der Waals surface area contributed by atoms with Crippen LogP contribution < -0.4 is 10.2 Å². The van der Waals surface area contributed by atoms with Gasteiger partial charge in [0.05, 0.1) is 12.7 Å². The van der Waals surface area contributed by atoms with Crippen LogP contribution in [0.25, 0.3) is 0 Å². The molecule has 1 atom stereocenters. The highest BCUT2D eigenvalue weighted by Crippen LogP contribution is 2.22. The molecule has 1 saturated heterocycles. The molecular weight excluding hydrogens is 260 g/mol. The average molecular weight is 282 g/mol. The fraction of sp³-hybridized carbons (Fsp3) is 0.692. The molecular formula is C13H22N4OS. The second kappa shape index (κ2) is 6.96. The molecule has 106 valence electrons. The van der Waals surface area contributed by atoms with E-state index in [1.807, 2.05) is 12.3 Å². The molecule has 1 aromatic heterocycles. The largest absolute Gasteiger partial charge is 0.375 e. The lowest BCUT2D eigenvalue weighted by Crippen LogP contribution is -2.42. The van der Waals surface area contributed by atoms with Crippen LogP contribution >= 0.6 is 11.8 Å². The van der Waals surface area contributed by atoms with E-state index in [4.69, 9.17) is 4.74 Å². The van der Waals surface area contributed by atoms with Gasteiger partial charge in [-0.1, -0.05) is 18.7 Å². The van der Waals surface area contributed by atoms with Crippen LogP contribution in [0.2, 0.25) is 0 Å². The molecule has 1 aliphatic heterocycles. The fourth-order valence-corrected chi connectivity index (χ4v) is 2.49. The van der Waals surface area contributed by atoms with E-state index in [9.17, 15) is 0 Å². The predicted octanol–water partition coefficient (Wildman–Crippen LogP) is 2.25. The fourth-order valence-electron chi connectivity index (χ4n) is 2.11. The molecule has 0 radical (unpaired) electrons. The maximum atomic E-state index is 5.71. The van der Waals surface area contributed by atoms with E-state index >= 15 is 0 Å². The summed E-state index contributed by atoms with van der Waals surface area (Å²) in [6.45, 7) is 7.67. The van der Waals surface area contributed by atoms with Gasteiger partial charge in [0.1, 0.15) is 11.6 Å². The zero-order valence-corrected chi connectivity index (χ0v) is 12.7. The van der Waals surface area contributed by atoms with Crippen molar-refractivity contribution in [3.63, 3.8) is 0 Å². The van der Waals surface area contributed by atoms with Gasteiger partial charge in [0.15, 0.2) is 5.16 Å². The van der Waals surface area contributed by atoms with Crippen LogP contribution in [0.3, 0.4) is 0 Å². The summed E-state index contributed by atoms with van der Waals surface area (Å²) in [5, 5.41) is 4.08. The van der Waals surface area contributed by atoms with Crippen molar-refractivity contribution in [2.45, 2.75) is 31.5 Å². The van der Waals surface area contributed by atoms with E-state index < -0.39 is 0 Å². The van der Waals surface area contributed by atoms with Gasteiger partial charge in [-0.15, -0.1) is 0 Å². The predicted molar refractivity (Wildman–Crippen MR) is 80.2 cm³/mol. The van der Waals surface area contributed by atoms with E-state index in [0.717, 1.165) is 49.5 Å². The first-order chi connectivity index (χ1) is 9.26. The number of anilines is 2. The topological polar surface area (TPSA) is 50.3 Å². The third-order valence-electron chi connectivity index (χ3n) is 3.15. The molecule has 1 aliphatic rings. The van der Waals surface area contributed by atoms with Crippen LogP contribution in [0.5, 0.6) is 0 Å². The highest BCUT2D eigenvalue weighted by Gasteiger charge is 2.21. The molecule has 1 fully saturated rings. The van der Waals surface area contributed by atoms with Gasteiger partial charge in [0.2, 0.25) is 0 Å². The zero-order valence-electron chi connectivity index (χ0n) is 11.8. The number of rotatable bonds is 5. The van der Waals surface area contributed by atoms with Gasteiger partial charge in [-0.05, 0) is 19.6 Å². The Kier molecular flexibility index (Phi) is 5.27. The number of hydrogen-bond acceptors (Lipinski definition) is 6. The maximum Gasteiger partial charge on any atom is 0.191 e. The minimum Gasteiger partial charge on any atom is -0.375 e. The second-order valence-electron chi connectivity index (χ2n) is 4.48. The van der Waals surface area contributed by atoms with Gasteiger partial charge >= 0.3 is 0 Å². The normalized spacial score (nSPS) is 19.5. The van der Waals surface area contributed by atoms with Gasteiger partial charge < -0.3 is 15.0 Å². The number of nitrogens with one attached hydrogen (secondary N) is 1. The Balaban J connectivity index is 2.19. The van der Waals surface area contributed by atoms with E-state index in [-0.39, 0.29) is 0 Å². The summed E-state index contributed by atoms with van der Waals surface area (Å²) in [5.74, 6) is 1.90. The number of morpholine rings is 1. The third-order valence-corrected chi connectivity index (χ3v) is 3.70. The molecule has 0 saturated carbocycles. The van der Waals surface area contributed by atoms with Crippen molar-refractivity contribution < 1.29 is 4.74 Å². The van der Waals surface area contributed by atoms with Gasteiger partial charge in [-0.25, -0.2) is 9.97 Å². The van der Waals surface area contributed by atoms with Crippen LogP contribution in [-0.2, 0) is 4.74 Å². The van der Waals surface area contributed by atoms with Gasteiger partial charge in [0, 0.05) is 25.7 Å². The van der Waals surface area contributed by atoms with E-state index in [2.05, 4.69) is 34.0 Å². The molecule has 0 amide bonds. The van der Waals surface area contributed by atoms with Gasteiger partial charge in [-0.2, -0.15) is 0 Å². The lowest BCUT2D eigenvalue weighted by atomic mass is 10.2. The van der Waals surface area contributed by atoms with Crippen LogP contribution in [0.15, 0.2) is 11.2 Å². The molecule has 0 spiro atoms. The summed E-state index contributed by atoms with van der Waals surface area (Å²) >= 11 is 1.57.